The predicted octanol–water partition coefficient (Wildman–Crippen LogP) is 2.25. The van der Waals surface area contributed by atoms with Crippen LogP contribution in [0.2, 0.25) is 0 Å². The van der Waals surface area contributed by atoms with Crippen molar-refractivity contribution in [2.24, 2.45) is 4.99 Å². The minimum atomic E-state index is -4.16. The number of rotatable bonds is 1. The molecule has 1 atom stereocenters. The Labute approximate surface area is 73.8 Å². The van der Waals surface area contributed by atoms with E-state index in [1.165, 1.54) is 6.08 Å². The fourth-order valence-corrected chi connectivity index (χ4v) is 1.03. The van der Waals surface area contributed by atoms with Gasteiger partial charge in [0.2, 0.25) is 0 Å². The molecule has 0 saturated heterocycles. The van der Waals surface area contributed by atoms with Crippen molar-refractivity contribution in [3.63, 3.8) is 0 Å². The third-order valence-electron chi connectivity index (χ3n) is 1.37. The van der Waals surface area contributed by atoms with Gasteiger partial charge in [-0.25, -0.2) is 0 Å². The number of thiol groups is 1. The average Bonchev–Trinajstić information content (AvgIpc) is 1.91. The summed E-state index contributed by atoms with van der Waals surface area (Å²) in [6.07, 6.45) is -2.09. The van der Waals surface area contributed by atoms with Crippen molar-refractivity contribution in [1.82, 2.24) is 0 Å². The molecule has 0 bridgehead atoms. The minimum absolute atomic E-state index is 0.0398. The number of alkyl halides is 3. The van der Waals surface area contributed by atoms with E-state index in [9.17, 15) is 13.2 Å². The van der Waals surface area contributed by atoms with E-state index >= 15 is 0 Å². The van der Waals surface area contributed by atoms with Gasteiger partial charge in [-0.15, -0.1) is 0 Å². The Hall–Kier alpha value is -0.450. The minimum Gasteiger partial charge on any atom is -0.288 e. The maximum absolute atomic E-state index is 11.8. The Kier molecular flexibility index (Phi) is 2.82. The number of hydrogen-bond donors (Lipinski definition) is 1. The molecule has 1 rings (SSSR count). The molecule has 1 aliphatic rings. The Morgan fingerprint density at radius 1 is 1.58 bits per heavy atom. The molecule has 0 spiro atoms. The van der Waals surface area contributed by atoms with Crippen molar-refractivity contribution in [3.05, 3.63) is 12.2 Å². The van der Waals surface area contributed by atoms with Crippen LogP contribution in [0.5, 0.6) is 0 Å². The first-order chi connectivity index (χ1) is 5.47. The zero-order valence-electron chi connectivity index (χ0n) is 6.17. The molecule has 0 saturated carbocycles. The van der Waals surface area contributed by atoms with Gasteiger partial charge in [-0.3, -0.25) is 4.99 Å². The van der Waals surface area contributed by atoms with Gasteiger partial charge in [0.15, 0.2) is 0 Å². The standard InChI is InChI=1S/C7H8F3NS/c8-7(9,10)3-5-1-2-6(12)4-11-5/h1-2,6,12H,3-4H2. The van der Waals surface area contributed by atoms with Crippen molar-refractivity contribution in [2.75, 3.05) is 6.54 Å². The first-order valence-corrected chi connectivity index (χ1v) is 3.95. The first kappa shape index (κ1) is 9.64. The van der Waals surface area contributed by atoms with Crippen LogP contribution in [0.15, 0.2) is 17.1 Å². The number of halogens is 3. The molecule has 0 aromatic rings. The Bertz CT molecular complexity index is 219. The average molecular weight is 195 g/mol. The summed E-state index contributed by atoms with van der Waals surface area (Å²) in [5.41, 5.74) is 0.0906. The van der Waals surface area contributed by atoms with Gasteiger partial charge in [-0.2, -0.15) is 25.8 Å². The molecular weight excluding hydrogens is 187 g/mol. The fraction of sp³-hybridized carbons (Fsp3) is 0.571. The van der Waals surface area contributed by atoms with Gasteiger partial charge in [-0.1, -0.05) is 6.08 Å². The molecule has 5 heteroatoms. The molecule has 1 unspecified atom stereocenters. The van der Waals surface area contributed by atoms with Gasteiger partial charge < -0.3 is 0 Å². The van der Waals surface area contributed by atoms with E-state index in [-0.39, 0.29) is 11.0 Å². The quantitative estimate of drug-likeness (QED) is 0.616. The SMILES string of the molecule is FC(F)(F)CC1=NCC(S)C=C1. The number of aliphatic imine (C=N–C) groups is 1. The van der Waals surface area contributed by atoms with Gasteiger partial charge in [-0.05, 0) is 6.08 Å². The summed E-state index contributed by atoms with van der Waals surface area (Å²) in [6.45, 7) is 0.338. The third-order valence-corrected chi connectivity index (χ3v) is 1.71. The lowest BCUT2D eigenvalue weighted by Gasteiger charge is -2.11. The molecule has 0 aliphatic carbocycles. The highest BCUT2D eigenvalue weighted by Gasteiger charge is 2.29. The smallest absolute Gasteiger partial charge is 0.288 e. The van der Waals surface area contributed by atoms with Gasteiger partial charge >= 0.3 is 6.18 Å². The lowest BCUT2D eigenvalue weighted by atomic mass is 10.2. The molecule has 68 valence electrons. The normalized spacial score (nSPS) is 24.0. The molecule has 12 heavy (non-hydrogen) atoms. The second kappa shape index (κ2) is 3.51. The Balaban J connectivity index is 2.51. The molecule has 0 amide bonds. The number of allylic oxidation sites excluding steroid dienone is 1. The summed E-state index contributed by atoms with van der Waals surface area (Å²) in [4.78, 5) is 3.73. The maximum Gasteiger partial charge on any atom is 0.394 e. The molecular formula is C7H8F3NS. The van der Waals surface area contributed by atoms with Crippen molar-refractivity contribution in [1.29, 1.82) is 0 Å². The van der Waals surface area contributed by atoms with Crippen LogP contribution in [0.4, 0.5) is 13.2 Å². The molecule has 0 aromatic heterocycles. The number of nitrogens with zero attached hydrogens (tertiary/aromatic N) is 1. The van der Waals surface area contributed by atoms with Gasteiger partial charge in [0, 0.05) is 11.0 Å². The summed E-state index contributed by atoms with van der Waals surface area (Å²) < 4.78 is 35.4. The summed E-state index contributed by atoms with van der Waals surface area (Å²) >= 11 is 4.04. The lowest BCUT2D eigenvalue weighted by Crippen LogP contribution is -2.17. The van der Waals surface area contributed by atoms with E-state index in [1.54, 1.807) is 6.08 Å². The fourth-order valence-electron chi connectivity index (χ4n) is 0.867. The van der Waals surface area contributed by atoms with Crippen molar-refractivity contribution >= 4 is 18.3 Å². The summed E-state index contributed by atoms with van der Waals surface area (Å²) in [6, 6.07) is 0. The molecule has 0 N–H and O–H groups in total. The van der Waals surface area contributed by atoms with E-state index in [0.717, 1.165) is 0 Å². The largest absolute Gasteiger partial charge is 0.394 e. The molecule has 1 nitrogen and oxygen atoms in total. The van der Waals surface area contributed by atoms with Gasteiger partial charge in [0.05, 0.1) is 13.0 Å². The summed E-state index contributed by atoms with van der Waals surface area (Å²) in [5.74, 6) is 0. The van der Waals surface area contributed by atoms with Crippen LogP contribution in [-0.2, 0) is 0 Å². The number of hydrogen-bond acceptors (Lipinski definition) is 2. The lowest BCUT2D eigenvalue weighted by molar-refractivity contribution is -0.121. The van der Waals surface area contributed by atoms with Crippen molar-refractivity contribution in [3.8, 4) is 0 Å². The van der Waals surface area contributed by atoms with Crippen LogP contribution >= 0.6 is 12.6 Å². The molecule has 0 fully saturated rings. The third kappa shape index (κ3) is 3.30. The van der Waals surface area contributed by atoms with Crippen LogP contribution in [-0.4, -0.2) is 23.7 Å². The monoisotopic (exact) mass is 195 g/mol. The first-order valence-electron chi connectivity index (χ1n) is 3.44. The molecule has 1 aliphatic heterocycles. The zero-order valence-corrected chi connectivity index (χ0v) is 7.07. The van der Waals surface area contributed by atoms with E-state index in [2.05, 4.69) is 17.6 Å². The van der Waals surface area contributed by atoms with E-state index in [1.807, 2.05) is 0 Å². The highest BCUT2D eigenvalue weighted by molar-refractivity contribution is 7.81. The highest BCUT2D eigenvalue weighted by Crippen LogP contribution is 2.21. The van der Waals surface area contributed by atoms with Crippen LogP contribution < -0.4 is 0 Å². The van der Waals surface area contributed by atoms with Gasteiger partial charge in [0.1, 0.15) is 0 Å². The van der Waals surface area contributed by atoms with E-state index < -0.39 is 12.6 Å². The predicted molar refractivity (Wildman–Crippen MR) is 44.9 cm³/mol. The topological polar surface area (TPSA) is 12.4 Å². The van der Waals surface area contributed by atoms with Crippen LogP contribution in [0.1, 0.15) is 6.42 Å². The summed E-state index contributed by atoms with van der Waals surface area (Å²) in [5, 5.41) is -0.0398. The second-order valence-corrected chi connectivity index (χ2v) is 3.21. The zero-order chi connectivity index (χ0) is 9.19. The summed E-state index contributed by atoms with van der Waals surface area (Å²) in [7, 11) is 0. The number of dihydropyridines is 1. The Morgan fingerprint density at radius 3 is 2.67 bits per heavy atom. The van der Waals surface area contributed by atoms with Gasteiger partial charge in [0.25, 0.3) is 0 Å². The van der Waals surface area contributed by atoms with Crippen LogP contribution in [0, 0.1) is 0 Å². The van der Waals surface area contributed by atoms with Crippen LogP contribution in [0.25, 0.3) is 0 Å². The highest BCUT2D eigenvalue weighted by atomic mass is 32.1. The van der Waals surface area contributed by atoms with Crippen LogP contribution in [0.3, 0.4) is 0 Å². The van der Waals surface area contributed by atoms with Crippen molar-refractivity contribution < 1.29 is 13.2 Å². The molecule has 0 radical (unpaired) electrons. The maximum atomic E-state index is 11.8. The van der Waals surface area contributed by atoms with Crippen molar-refractivity contribution in [2.45, 2.75) is 17.8 Å². The Morgan fingerprint density at radius 2 is 2.25 bits per heavy atom. The molecule has 0 aromatic carbocycles. The van der Waals surface area contributed by atoms with E-state index in [0.29, 0.717) is 6.54 Å². The second-order valence-electron chi connectivity index (χ2n) is 2.55. The molecule has 1 heterocycles. The van der Waals surface area contributed by atoms with E-state index in [4.69, 9.17) is 0 Å².